The molecule has 0 radical (unpaired) electrons. The number of hydrogen-bond acceptors (Lipinski definition) is 2. The lowest BCUT2D eigenvalue weighted by molar-refractivity contribution is 0.205. The van der Waals surface area contributed by atoms with Gasteiger partial charge in [-0.25, -0.2) is 0 Å². The first kappa shape index (κ1) is 18.2. The molecule has 0 atom stereocenters. The van der Waals surface area contributed by atoms with Crippen molar-refractivity contribution in [3.63, 3.8) is 0 Å². The molecule has 0 fully saturated rings. The summed E-state index contributed by atoms with van der Waals surface area (Å²) in [6.45, 7) is 8.22. The Bertz CT molecular complexity index is 247. The fraction of sp³-hybridized carbons (Fsp3) is 0.933. The number of nitrogens with two attached hydrogens (primary N) is 1. The minimum atomic E-state index is 0.0481. The highest BCUT2D eigenvalue weighted by Gasteiger charge is 2.19. The molecule has 0 aromatic heterocycles. The van der Waals surface area contributed by atoms with Gasteiger partial charge in [0.2, 0.25) is 0 Å². The molecule has 0 amide bonds. The second-order valence-corrected chi connectivity index (χ2v) is 6.10. The van der Waals surface area contributed by atoms with E-state index in [1.54, 1.807) is 0 Å². The van der Waals surface area contributed by atoms with E-state index in [1.165, 1.54) is 38.5 Å². The predicted molar refractivity (Wildman–Crippen MR) is 85.6 cm³/mol. The molecule has 19 heavy (non-hydrogen) atoms. The van der Waals surface area contributed by atoms with Gasteiger partial charge in [-0.05, 0) is 34.4 Å². The van der Waals surface area contributed by atoms with Crippen molar-refractivity contribution >= 4 is 5.96 Å². The zero-order valence-corrected chi connectivity index (χ0v) is 13.6. The molecular weight excluding hydrogens is 236 g/mol. The van der Waals surface area contributed by atoms with E-state index < -0.39 is 0 Å². The summed E-state index contributed by atoms with van der Waals surface area (Å²) in [5.41, 5.74) is 5.91. The third kappa shape index (κ3) is 9.77. The lowest BCUT2D eigenvalue weighted by Gasteiger charge is -2.30. The molecule has 4 heteroatoms. The molecule has 0 aromatic carbocycles. The quantitative estimate of drug-likeness (QED) is 0.364. The van der Waals surface area contributed by atoms with E-state index in [0.29, 0.717) is 5.96 Å². The van der Waals surface area contributed by atoms with Crippen LogP contribution in [0.1, 0.15) is 59.3 Å². The van der Waals surface area contributed by atoms with E-state index >= 15 is 0 Å². The molecule has 114 valence electrons. The number of rotatable bonds is 10. The van der Waals surface area contributed by atoms with Crippen LogP contribution < -0.4 is 11.1 Å². The van der Waals surface area contributed by atoms with Crippen molar-refractivity contribution in [1.29, 1.82) is 0 Å². The second-order valence-electron chi connectivity index (χ2n) is 6.10. The molecule has 0 unspecified atom stereocenters. The standard InChI is InChI=1S/C15H34N4/c1-6-7-8-9-10-11-12-17-14(16)18-13-15(2,3)19(4)5/h6-13H2,1-5H3,(H3,16,17,18). The van der Waals surface area contributed by atoms with Crippen LogP contribution in [-0.2, 0) is 0 Å². The fourth-order valence-corrected chi connectivity index (χ4v) is 1.60. The van der Waals surface area contributed by atoms with Crippen molar-refractivity contribution in [3.05, 3.63) is 0 Å². The van der Waals surface area contributed by atoms with Crippen LogP contribution >= 0.6 is 0 Å². The van der Waals surface area contributed by atoms with Crippen molar-refractivity contribution in [2.75, 3.05) is 27.2 Å². The van der Waals surface area contributed by atoms with Gasteiger partial charge in [-0.3, -0.25) is 4.99 Å². The van der Waals surface area contributed by atoms with E-state index in [9.17, 15) is 0 Å². The van der Waals surface area contributed by atoms with Crippen LogP contribution in [-0.4, -0.2) is 43.6 Å². The Morgan fingerprint density at radius 3 is 2.26 bits per heavy atom. The highest BCUT2D eigenvalue weighted by atomic mass is 15.2. The predicted octanol–water partition coefficient (Wildman–Crippen LogP) is 2.59. The summed E-state index contributed by atoms with van der Waals surface area (Å²) in [6, 6.07) is 0. The number of nitrogens with zero attached hydrogens (tertiary/aromatic N) is 2. The molecule has 0 saturated heterocycles. The van der Waals surface area contributed by atoms with Crippen molar-refractivity contribution < 1.29 is 0 Å². The largest absolute Gasteiger partial charge is 0.370 e. The second kappa shape index (κ2) is 10.1. The average Bonchev–Trinajstić information content (AvgIpc) is 2.35. The maximum atomic E-state index is 5.86. The fourth-order valence-electron chi connectivity index (χ4n) is 1.60. The SMILES string of the molecule is CCCCCCCCNC(N)=NCC(C)(C)N(C)C. The molecule has 4 nitrogen and oxygen atoms in total. The Kier molecular flexibility index (Phi) is 9.66. The van der Waals surface area contributed by atoms with Crippen LogP contribution in [0.2, 0.25) is 0 Å². The number of nitrogens with one attached hydrogen (secondary N) is 1. The van der Waals surface area contributed by atoms with Crippen LogP contribution in [0.15, 0.2) is 4.99 Å². The minimum absolute atomic E-state index is 0.0481. The summed E-state index contributed by atoms with van der Waals surface area (Å²) < 4.78 is 0. The first-order valence-corrected chi connectivity index (χ1v) is 7.61. The zero-order valence-electron chi connectivity index (χ0n) is 13.6. The number of likely N-dealkylation sites (N-methyl/N-ethyl adjacent to an activating group) is 1. The Labute approximate surface area is 119 Å². The van der Waals surface area contributed by atoms with Crippen LogP contribution in [0.3, 0.4) is 0 Å². The van der Waals surface area contributed by atoms with Crippen LogP contribution in [0, 0.1) is 0 Å². The van der Waals surface area contributed by atoms with Crippen molar-refractivity contribution in [2.24, 2.45) is 10.7 Å². The average molecular weight is 270 g/mol. The van der Waals surface area contributed by atoms with Gasteiger partial charge in [0.05, 0.1) is 6.54 Å². The summed E-state index contributed by atoms with van der Waals surface area (Å²) in [6.07, 6.45) is 7.81. The van der Waals surface area contributed by atoms with E-state index in [4.69, 9.17) is 5.73 Å². The van der Waals surface area contributed by atoms with Gasteiger partial charge < -0.3 is 16.0 Å². The van der Waals surface area contributed by atoms with Crippen molar-refractivity contribution in [1.82, 2.24) is 10.2 Å². The van der Waals surface area contributed by atoms with Crippen molar-refractivity contribution in [3.8, 4) is 0 Å². The lowest BCUT2D eigenvalue weighted by atomic mass is 10.1. The van der Waals surface area contributed by atoms with Crippen LogP contribution in [0.4, 0.5) is 0 Å². The minimum Gasteiger partial charge on any atom is -0.370 e. The number of guanidine groups is 1. The number of aliphatic imine (C=N–C) groups is 1. The van der Waals surface area contributed by atoms with E-state index in [0.717, 1.165) is 13.1 Å². The Hall–Kier alpha value is -0.770. The first-order valence-electron chi connectivity index (χ1n) is 7.61. The van der Waals surface area contributed by atoms with Gasteiger partial charge in [-0.1, -0.05) is 39.0 Å². The van der Waals surface area contributed by atoms with Crippen molar-refractivity contribution in [2.45, 2.75) is 64.8 Å². The topological polar surface area (TPSA) is 53.6 Å². The highest BCUT2D eigenvalue weighted by Crippen LogP contribution is 2.09. The monoisotopic (exact) mass is 270 g/mol. The van der Waals surface area contributed by atoms with Crippen LogP contribution in [0.5, 0.6) is 0 Å². The number of unbranched alkanes of at least 4 members (excludes halogenated alkanes) is 5. The zero-order chi connectivity index (χ0) is 14.7. The Morgan fingerprint density at radius 2 is 1.68 bits per heavy atom. The molecule has 0 rings (SSSR count). The van der Waals surface area contributed by atoms with Gasteiger partial charge in [-0.15, -0.1) is 0 Å². The smallest absolute Gasteiger partial charge is 0.188 e. The lowest BCUT2D eigenvalue weighted by Crippen LogP contribution is -2.42. The van der Waals surface area contributed by atoms with Gasteiger partial charge >= 0.3 is 0 Å². The van der Waals surface area contributed by atoms with Gasteiger partial charge in [0.15, 0.2) is 5.96 Å². The van der Waals surface area contributed by atoms with Gasteiger partial charge in [0.25, 0.3) is 0 Å². The molecular formula is C15H34N4. The molecule has 0 spiro atoms. The van der Waals surface area contributed by atoms with Gasteiger partial charge in [0.1, 0.15) is 0 Å². The molecule has 3 N–H and O–H groups in total. The molecule has 0 bridgehead atoms. The van der Waals surface area contributed by atoms with E-state index in [2.05, 4.69) is 50.1 Å². The molecule has 0 aliphatic carbocycles. The third-order valence-electron chi connectivity index (χ3n) is 3.68. The third-order valence-corrected chi connectivity index (χ3v) is 3.68. The maximum absolute atomic E-state index is 5.86. The first-order chi connectivity index (χ1) is 8.90. The van der Waals surface area contributed by atoms with E-state index in [1.807, 2.05) is 0 Å². The molecule has 0 aliphatic rings. The Morgan fingerprint density at radius 1 is 1.11 bits per heavy atom. The summed E-state index contributed by atoms with van der Waals surface area (Å²) in [4.78, 5) is 6.57. The van der Waals surface area contributed by atoms with Crippen LogP contribution in [0.25, 0.3) is 0 Å². The summed E-state index contributed by atoms with van der Waals surface area (Å²) in [5, 5.41) is 3.19. The summed E-state index contributed by atoms with van der Waals surface area (Å²) >= 11 is 0. The summed E-state index contributed by atoms with van der Waals surface area (Å²) in [7, 11) is 4.13. The van der Waals surface area contributed by atoms with Gasteiger partial charge in [0, 0.05) is 12.1 Å². The van der Waals surface area contributed by atoms with E-state index in [-0.39, 0.29) is 5.54 Å². The number of hydrogen-bond donors (Lipinski definition) is 2. The maximum Gasteiger partial charge on any atom is 0.188 e. The molecule has 0 heterocycles. The summed E-state index contributed by atoms with van der Waals surface area (Å²) in [5.74, 6) is 0.573. The molecule has 0 saturated carbocycles. The van der Waals surface area contributed by atoms with Gasteiger partial charge in [-0.2, -0.15) is 0 Å². The normalized spacial score (nSPS) is 13.1. The highest BCUT2D eigenvalue weighted by molar-refractivity contribution is 5.77. The molecule has 0 aromatic rings. The molecule has 0 aliphatic heterocycles. The Balaban J connectivity index is 3.66.